The molecule has 1 heterocycles. The van der Waals surface area contributed by atoms with Crippen molar-refractivity contribution in [3.05, 3.63) is 71.3 Å². The molecule has 0 saturated carbocycles. The molecule has 0 amide bonds. The third kappa shape index (κ3) is 2.50. The van der Waals surface area contributed by atoms with E-state index in [9.17, 15) is 4.79 Å². The van der Waals surface area contributed by atoms with Crippen LogP contribution in [-0.4, -0.2) is 12.3 Å². The van der Waals surface area contributed by atoms with Gasteiger partial charge in [-0.05, 0) is 24.1 Å². The summed E-state index contributed by atoms with van der Waals surface area (Å²) in [6.45, 7) is 3.35. The van der Waals surface area contributed by atoms with E-state index in [0.29, 0.717) is 0 Å². The van der Waals surface area contributed by atoms with Gasteiger partial charge in [-0.25, -0.2) is 0 Å². The number of hydrogen-bond acceptors (Lipinski definition) is 2. The van der Waals surface area contributed by atoms with E-state index in [1.165, 1.54) is 11.1 Å². The van der Waals surface area contributed by atoms with Crippen molar-refractivity contribution >= 4 is 17.5 Å². The minimum atomic E-state index is 0.113. The van der Waals surface area contributed by atoms with E-state index in [4.69, 9.17) is 0 Å². The first-order valence-corrected chi connectivity index (χ1v) is 6.84. The Bertz CT molecular complexity index is 658. The number of benzene rings is 2. The van der Waals surface area contributed by atoms with Crippen molar-refractivity contribution in [2.45, 2.75) is 13.5 Å². The molecule has 20 heavy (non-hydrogen) atoms. The quantitative estimate of drug-likeness (QED) is 0.782. The van der Waals surface area contributed by atoms with Gasteiger partial charge in [-0.1, -0.05) is 54.6 Å². The van der Waals surface area contributed by atoms with Crippen LogP contribution in [0.5, 0.6) is 0 Å². The molecule has 3 rings (SSSR count). The van der Waals surface area contributed by atoms with Crippen molar-refractivity contribution in [3.63, 3.8) is 0 Å². The largest absolute Gasteiger partial charge is 0.363 e. The highest BCUT2D eigenvalue weighted by atomic mass is 16.1. The van der Waals surface area contributed by atoms with Crippen LogP contribution in [0.2, 0.25) is 0 Å². The Kier molecular flexibility index (Phi) is 3.38. The second-order valence-corrected chi connectivity index (χ2v) is 5.10. The average molecular weight is 263 g/mol. The molecule has 2 aromatic rings. The molecule has 0 fully saturated rings. The predicted molar refractivity (Wildman–Crippen MR) is 83.0 cm³/mol. The summed E-state index contributed by atoms with van der Waals surface area (Å²) in [5, 5.41) is 0. The molecule has 0 bridgehead atoms. The van der Waals surface area contributed by atoms with E-state index in [1.807, 2.05) is 24.3 Å². The van der Waals surface area contributed by atoms with E-state index in [1.54, 1.807) is 6.92 Å². The monoisotopic (exact) mass is 263 g/mol. The summed E-state index contributed by atoms with van der Waals surface area (Å²) in [5.74, 6) is 0.113. The number of nitrogens with zero attached hydrogens (tertiary/aromatic N) is 1. The van der Waals surface area contributed by atoms with Gasteiger partial charge in [-0.2, -0.15) is 0 Å². The lowest BCUT2D eigenvalue weighted by Gasteiger charge is -2.28. The van der Waals surface area contributed by atoms with Crippen LogP contribution in [0.15, 0.2) is 54.6 Å². The summed E-state index contributed by atoms with van der Waals surface area (Å²) in [5.41, 5.74) is 4.38. The Labute approximate surface area is 119 Å². The maximum absolute atomic E-state index is 11.6. The number of Topliss-reactive ketones (excluding diaryl/α,β-unsaturated/α-hetero) is 1. The van der Waals surface area contributed by atoms with E-state index in [2.05, 4.69) is 41.3 Å². The van der Waals surface area contributed by atoms with Crippen LogP contribution in [0.1, 0.15) is 28.4 Å². The maximum Gasteiger partial charge on any atom is 0.159 e. The standard InChI is InChI=1S/C18H17NO/c1-14(20)17-10-9-16-8-5-11-19(18(16)12-17)13-15-6-3-2-4-7-15/h2-10,12H,11,13H2,1H3. The minimum Gasteiger partial charge on any atom is -0.363 e. The molecule has 0 N–H and O–H groups in total. The molecular weight excluding hydrogens is 246 g/mol. The van der Waals surface area contributed by atoms with Crippen LogP contribution in [0.25, 0.3) is 6.08 Å². The fourth-order valence-corrected chi connectivity index (χ4v) is 2.54. The Morgan fingerprint density at radius 2 is 1.95 bits per heavy atom. The zero-order valence-corrected chi connectivity index (χ0v) is 11.5. The van der Waals surface area contributed by atoms with Crippen LogP contribution in [0, 0.1) is 0 Å². The summed E-state index contributed by atoms with van der Waals surface area (Å²) in [7, 11) is 0. The molecule has 2 heteroatoms. The fraction of sp³-hybridized carbons (Fsp3) is 0.167. The molecule has 0 atom stereocenters. The summed E-state index contributed by atoms with van der Waals surface area (Å²) >= 11 is 0. The molecule has 100 valence electrons. The summed E-state index contributed by atoms with van der Waals surface area (Å²) in [6.07, 6.45) is 4.29. The molecular formula is C18H17NO. The summed E-state index contributed by atoms with van der Waals surface area (Å²) < 4.78 is 0. The molecule has 0 saturated heterocycles. The highest BCUT2D eigenvalue weighted by Crippen LogP contribution is 2.28. The Morgan fingerprint density at radius 3 is 2.70 bits per heavy atom. The van der Waals surface area contributed by atoms with Gasteiger partial charge in [0, 0.05) is 24.3 Å². The van der Waals surface area contributed by atoms with Crippen LogP contribution in [-0.2, 0) is 6.54 Å². The van der Waals surface area contributed by atoms with Crippen molar-refractivity contribution in [1.29, 1.82) is 0 Å². The van der Waals surface area contributed by atoms with E-state index >= 15 is 0 Å². The van der Waals surface area contributed by atoms with Crippen LogP contribution < -0.4 is 4.90 Å². The van der Waals surface area contributed by atoms with Gasteiger partial charge in [0.2, 0.25) is 0 Å². The molecule has 0 spiro atoms. The van der Waals surface area contributed by atoms with Crippen molar-refractivity contribution in [1.82, 2.24) is 0 Å². The first-order chi connectivity index (χ1) is 9.74. The number of rotatable bonds is 3. The first-order valence-electron chi connectivity index (χ1n) is 6.84. The predicted octanol–water partition coefficient (Wildman–Crippen LogP) is 3.92. The Balaban J connectivity index is 1.94. The van der Waals surface area contributed by atoms with Crippen LogP contribution in [0.3, 0.4) is 0 Å². The van der Waals surface area contributed by atoms with Gasteiger partial charge in [0.15, 0.2) is 5.78 Å². The molecule has 2 nitrogen and oxygen atoms in total. The second kappa shape index (κ2) is 5.33. The van der Waals surface area contributed by atoms with Gasteiger partial charge < -0.3 is 4.90 Å². The Hall–Kier alpha value is -2.35. The van der Waals surface area contributed by atoms with Gasteiger partial charge in [0.1, 0.15) is 0 Å². The van der Waals surface area contributed by atoms with Crippen molar-refractivity contribution < 1.29 is 4.79 Å². The normalized spacial score (nSPS) is 13.2. The zero-order chi connectivity index (χ0) is 13.9. The average Bonchev–Trinajstić information content (AvgIpc) is 2.48. The van der Waals surface area contributed by atoms with Gasteiger partial charge in [0.05, 0.1) is 0 Å². The first kappa shape index (κ1) is 12.7. The number of carbonyl (C=O) groups is 1. The lowest BCUT2D eigenvalue weighted by atomic mass is 10.0. The van der Waals surface area contributed by atoms with E-state index in [-0.39, 0.29) is 5.78 Å². The van der Waals surface area contributed by atoms with E-state index in [0.717, 1.165) is 24.3 Å². The lowest BCUT2D eigenvalue weighted by Crippen LogP contribution is -2.25. The highest BCUT2D eigenvalue weighted by Gasteiger charge is 2.15. The number of anilines is 1. The second-order valence-electron chi connectivity index (χ2n) is 5.10. The van der Waals surface area contributed by atoms with Crippen molar-refractivity contribution in [3.8, 4) is 0 Å². The molecule has 0 aromatic heterocycles. The smallest absolute Gasteiger partial charge is 0.159 e. The lowest BCUT2D eigenvalue weighted by molar-refractivity contribution is 0.101. The SMILES string of the molecule is CC(=O)c1ccc2c(c1)N(Cc1ccccc1)CC=C2. The van der Waals surface area contributed by atoms with Gasteiger partial charge >= 0.3 is 0 Å². The molecule has 1 aliphatic heterocycles. The van der Waals surface area contributed by atoms with E-state index < -0.39 is 0 Å². The van der Waals surface area contributed by atoms with Crippen LogP contribution in [0.4, 0.5) is 5.69 Å². The number of ketones is 1. The molecule has 0 unspecified atom stereocenters. The minimum absolute atomic E-state index is 0.113. The number of carbonyl (C=O) groups excluding carboxylic acids is 1. The van der Waals surface area contributed by atoms with Gasteiger partial charge in [-0.3, -0.25) is 4.79 Å². The topological polar surface area (TPSA) is 20.3 Å². The summed E-state index contributed by atoms with van der Waals surface area (Å²) in [4.78, 5) is 13.9. The molecule has 1 aliphatic rings. The number of fused-ring (bicyclic) bond motifs is 1. The highest BCUT2D eigenvalue weighted by molar-refractivity contribution is 5.96. The molecule has 0 aliphatic carbocycles. The summed E-state index contributed by atoms with van der Waals surface area (Å²) in [6, 6.07) is 16.3. The van der Waals surface area contributed by atoms with Gasteiger partial charge in [0.25, 0.3) is 0 Å². The molecule has 2 aromatic carbocycles. The maximum atomic E-state index is 11.6. The van der Waals surface area contributed by atoms with Crippen molar-refractivity contribution in [2.75, 3.05) is 11.4 Å². The van der Waals surface area contributed by atoms with Crippen LogP contribution >= 0.6 is 0 Å². The fourth-order valence-electron chi connectivity index (χ4n) is 2.54. The van der Waals surface area contributed by atoms with Crippen molar-refractivity contribution in [2.24, 2.45) is 0 Å². The number of hydrogen-bond donors (Lipinski definition) is 0. The van der Waals surface area contributed by atoms with Gasteiger partial charge in [-0.15, -0.1) is 0 Å². The molecule has 0 radical (unpaired) electrons. The third-order valence-electron chi connectivity index (χ3n) is 3.62. The zero-order valence-electron chi connectivity index (χ0n) is 11.5. The Morgan fingerprint density at radius 1 is 1.15 bits per heavy atom. The third-order valence-corrected chi connectivity index (χ3v) is 3.62.